The van der Waals surface area contributed by atoms with Gasteiger partial charge in [0.15, 0.2) is 0 Å². The van der Waals surface area contributed by atoms with E-state index in [1.54, 1.807) is 13.2 Å². The lowest BCUT2D eigenvalue weighted by atomic mass is 10.0. The molecule has 0 aliphatic carbocycles. The minimum absolute atomic E-state index is 0.441. The maximum absolute atomic E-state index is 11.1. The number of hydrogen-bond donors (Lipinski definition) is 3. The van der Waals surface area contributed by atoms with Crippen molar-refractivity contribution in [2.24, 2.45) is 0 Å². The maximum atomic E-state index is 11.1. The van der Waals surface area contributed by atoms with Gasteiger partial charge < -0.3 is 20.3 Å². The normalized spacial score (nSPS) is 13.7. The Morgan fingerprint density at radius 2 is 2.05 bits per heavy atom. The predicted octanol–water partition coefficient (Wildman–Crippen LogP) is 2.35. The van der Waals surface area contributed by atoms with E-state index in [0.717, 1.165) is 18.4 Å². The lowest BCUT2D eigenvalue weighted by Crippen LogP contribution is -2.37. The molecule has 0 saturated carbocycles. The summed E-state index contributed by atoms with van der Waals surface area (Å²) in [6.45, 7) is 2.48. The third-order valence-corrected chi connectivity index (χ3v) is 3.45. The molecule has 0 fully saturated rings. The molecule has 5 heteroatoms. The van der Waals surface area contributed by atoms with Crippen molar-refractivity contribution in [1.29, 1.82) is 0 Å². The first-order valence-corrected chi connectivity index (χ1v) is 7.37. The fraction of sp³-hybridized carbons (Fsp3) is 0.562. The summed E-state index contributed by atoms with van der Waals surface area (Å²) in [5.74, 6) is -0.194. The molecule has 0 radical (unpaired) electrons. The number of carboxylic acid groups (broad SMARTS) is 1. The first kappa shape index (κ1) is 17.5. The van der Waals surface area contributed by atoms with Crippen LogP contribution >= 0.6 is 0 Å². The predicted molar refractivity (Wildman–Crippen MR) is 81.5 cm³/mol. The number of benzene rings is 1. The Hall–Kier alpha value is -1.59. The Labute approximate surface area is 125 Å². The molecule has 0 aliphatic heterocycles. The minimum Gasteiger partial charge on any atom is -0.496 e. The smallest absolute Gasteiger partial charge is 0.320 e. The zero-order valence-electron chi connectivity index (χ0n) is 12.7. The van der Waals surface area contributed by atoms with Gasteiger partial charge in [-0.1, -0.05) is 38.0 Å². The van der Waals surface area contributed by atoms with Crippen LogP contribution in [0.15, 0.2) is 24.3 Å². The Kier molecular flexibility index (Phi) is 7.79. The average molecular weight is 295 g/mol. The van der Waals surface area contributed by atoms with Crippen LogP contribution in [0.4, 0.5) is 0 Å². The van der Waals surface area contributed by atoms with Crippen molar-refractivity contribution in [3.8, 4) is 5.75 Å². The number of rotatable bonds is 10. The molecule has 1 aromatic carbocycles. The van der Waals surface area contributed by atoms with Gasteiger partial charge in [-0.2, -0.15) is 0 Å². The highest BCUT2D eigenvalue weighted by molar-refractivity contribution is 5.73. The lowest BCUT2D eigenvalue weighted by Gasteiger charge is -2.17. The first-order chi connectivity index (χ1) is 10.1. The van der Waals surface area contributed by atoms with E-state index in [-0.39, 0.29) is 0 Å². The summed E-state index contributed by atoms with van der Waals surface area (Å²) < 4.78 is 5.21. The number of methoxy groups -OCH3 is 1. The number of hydrogen-bond acceptors (Lipinski definition) is 4. The number of aliphatic hydroxyl groups is 1. The first-order valence-electron chi connectivity index (χ1n) is 7.37. The molecule has 0 amide bonds. The van der Waals surface area contributed by atoms with Gasteiger partial charge in [-0.15, -0.1) is 0 Å². The number of carbonyl (C=O) groups is 1. The Balaban J connectivity index is 2.48. The molecule has 3 N–H and O–H groups in total. The molecular weight excluding hydrogens is 270 g/mol. The molecular formula is C16H25NO4. The molecule has 0 aliphatic rings. The zero-order chi connectivity index (χ0) is 15.7. The summed E-state index contributed by atoms with van der Waals surface area (Å²) >= 11 is 0. The molecule has 0 bridgehead atoms. The number of aliphatic carboxylic acids is 1. The Morgan fingerprint density at radius 3 is 2.67 bits per heavy atom. The molecule has 21 heavy (non-hydrogen) atoms. The summed E-state index contributed by atoms with van der Waals surface area (Å²) in [5, 5.41) is 22.3. The monoisotopic (exact) mass is 295 g/mol. The molecule has 118 valence electrons. The van der Waals surface area contributed by atoms with Gasteiger partial charge in [-0.3, -0.25) is 4.79 Å². The standard InChI is InChI=1S/C16H25NO4/c1-3-4-8-13(16(19)20)17-11-10-14(18)12-7-5-6-9-15(12)21-2/h5-7,9,13-14,17-18H,3-4,8,10-11H2,1-2H3,(H,19,20). The van der Waals surface area contributed by atoms with E-state index in [0.29, 0.717) is 25.1 Å². The van der Waals surface area contributed by atoms with E-state index in [4.69, 9.17) is 9.84 Å². The number of nitrogens with one attached hydrogen (secondary N) is 1. The van der Waals surface area contributed by atoms with E-state index in [1.165, 1.54) is 0 Å². The summed E-state index contributed by atoms with van der Waals surface area (Å²) in [6, 6.07) is 6.76. The van der Waals surface area contributed by atoms with Crippen LogP contribution in [0.3, 0.4) is 0 Å². The van der Waals surface area contributed by atoms with Gasteiger partial charge in [-0.25, -0.2) is 0 Å². The maximum Gasteiger partial charge on any atom is 0.320 e. The molecule has 0 heterocycles. The van der Waals surface area contributed by atoms with Crippen molar-refractivity contribution in [3.05, 3.63) is 29.8 Å². The SMILES string of the molecule is CCCCC(NCCC(O)c1ccccc1OC)C(=O)O. The summed E-state index contributed by atoms with van der Waals surface area (Å²) in [4.78, 5) is 11.1. The van der Waals surface area contributed by atoms with Crippen molar-refractivity contribution in [2.75, 3.05) is 13.7 Å². The van der Waals surface area contributed by atoms with E-state index in [9.17, 15) is 9.90 Å². The van der Waals surface area contributed by atoms with Crippen LogP contribution in [-0.2, 0) is 4.79 Å². The third-order valence-electron chi connectivity index (χ3n) is 3.45. The molecule has 1 rings (SSSR count). The van der Waals surface area contributed by atoms with Gasteiger partial charge in [0, 0.05) is 5.56 Å². The van der Waals surface area contributed by atoms with Crippen molar-refractivity contribution in [2.45, 2.75) is 44.8 Å². The van der Waals surface area contributed by atoms with Crippen LogP contribution in [0.1, 0.15) is 44.3 Å². The largest absolute Gasteiger partial charge is 0.496 e. The highest BCUT2D eigenvalue weighted by atomic mass is 16.5. The van der Waals surface area contributed by atoms with Crippen LogP contribution < -0.4 is 10.1 Å². The van der Waals surface area contributed by atoms with Gasteiger partial charge in [-0.05, 0) is 25.5 Å². The zero-order valence-corrected chi connectivity index (χ0v) is 12.7. The minimum atomic E-state index is -0.838. The van der Waals surface area contributed by atoms with Crippen LogP contribution in [0.5, 0.6) is 5.75 Å². The molecule has 5 nitrogen and oxygen atoms in total. The number of aliphatic hydroxyl groups excluding tert-OH is 1. The third kappa shape index (κ3) is 5.73. The number of carboxylic acids is 1. The van der Waals surface area contributed by atoms with Gasteiger partial charge in [0.1, 0.15) is 11.8 Å². The number of para-hydroxylation sites is 1. The molecule has 0 saturated heterocycles. The molecule has 2 atom stereocenters. The fourth-order valence-corrected chi connectivity index (χ4v) is 2.21. The van der Waals surface area contributed by atoms with Crippen LogP contribution in [0.2, 0.25) is 0 Å². The molecule has 1 aromatic rings. The second-order valence-corrected chi connectivity index (χ2v) is 5.03. The number of ether oxygens (including phenoxy) is 1. The molecule has 0 spiro atoms. The average Bonchev–Trinajstić information content (AvgIpc) is 2.50. The van der Waals surface area contributed by atoms with E-state index >= 15 is 0 Å². The van der Waals surface area contributed by atoms with Crippen LogP contribution in [0.25, 0.3) is 0 Å². The van der Waals surface area contributed by atoms with E-state index in [1.807, 2.05) is 25.1 Å². The van der Waals surface area contributed by atoms with Gasteiger partial charge >= 0.3 is 5.97 Å². The van der Waals surface area contributed by atoms with Crippen molar-refractivity contribution in [3.63, 3.8) is 0 Å². The second kappa shape index (κ2) is 9.37. The fourth-order valence-electron chi connectivity index (χ4n) is 2.21. The highest BCUT2D eigenvalue weighted by Gasteiger charge is 2.17. The quantitative estimate of drug-likeness (QED) is 0.617. The molecule has 0 aromatic heterocycles. The van der Waals surface area contributed by atoms with Crippen LogP contribution in [0, 0.1) is 0 Å². The lowest BCUT2D eigenvalue weighted by molar-refractivity contribution is -0.139. The van der Waals surface area contributed by atoms with Gasteiger partial charge in [0.2, 0.25) is 0 Å². The topological polar surface area (TPSA) is 78.8 Å². The summed E-state index contributed by atoms with van der Waals surface area (Å²) in [6.07, 6.45) is 2.22. The van der Waals surface area contributed by atoms with Crippen LogP contribution in [-0.4, -0.2) is 35.9 Å². The van der Waals surface area contributed by atoms with Gasteiger partial charge in [0.25, 0.3) is 0 Å². The van der Waals surface area contributed by atoms with E-state index < -0.39 is 18.1 Å². The number of unbranched alkanes of at least 4 members (excludes halogenated alkanes) is 1. The summed E-state index contributed by atoms with van der Waals surface area (Å²) in [5.41, 5.74) is 0.724. The second-order valence-electron chi connectivity index (χ2n) is 5.03. The Bertz CT molecular complexity index is 436. The van der Waals surface area contributed by atoms with E-state index in [2.05, 4.69) is 5.32 Å². The van der Waals surface area contributed by atoms with Crippen molar-refractivity contribution < 1.29 is 19.7 Å². The molecule has 2 unspecified atom stereocenters. The Morgan fingerprint density at radius 1 is 1.33 bits per heavy atom. The highest BCUT2D eigenvalue weighted by Crippen LogP contribution is 2.26. The van der Waals surface area contributed by atoms with Crippen molar-refractivity contribution >= 4 is 5.97 Å². The summed E-state index contributed by atoms with van der Waals surface area (Å²) in [7, 11) is 1.56. The van der Waals surface area contributed by atoms with Crippen molar-refractivity contribution in [1.82, 2.24) is 5.32 Å². The van der Waals surface area contributed by atoms with Gasteiger partial charge in [0.05, 0.1) is 13.2 Å².